The summed E-state index contributed by atoms with van der Waals surface area (Å²) in [4.78, 5) is 15.8. The predicted octanol–water partition coefficient (Wildman–Crippen LogP) is 4.54. The number of carbonyl (C=O) groups is 1. The van der Waals surface area contributed by atoms with Crippen molar-refractivity contribution in [3.8, 4) is 17.6 Å². The molecule has 0 atom stereocenters. The number of amides is 1. The molecule has 4 aromatic rings. The zero-order chi connectivity index (χ0) is 22.0. The molecule has 1 aliphatic heterocycles. The average molecular weight is 434 g/mol. The molecular weight excluding hydrogens is 414 g/mol. The van der Waals surface area contributed by atoms with E-state index >= 15 is 0 Å². The minimum Gasteiger partial charge on any atom is -0.454 e. The SMILES string of the molecule is Cc1cn2nccc(Oc3ccnc4c(Cl)cccc34)c2c1C.N#CC1CN(C=O)C1. The predicted molar refractivity (Wildman–Crippen MR) is 118 cm³/mol. The lowest BCUT2D eigenvalue weighted by Crippen LogP contribution is -2.44. The van der Waals surface area contributed by atoms with Crippen molar-refractivity contribution in [2.45, 2.75) is 13.8 Å². The van der Waals surface area contributed by atoms with Crippen LogP contribution < -0.4 is 4.74 Å². The van der Waals surface area contributed by atoms with E-state index in [1.807, 2.05) is 41.0 Å². The molecule has 0 radical (unpaired) electrons. The van der Waals surface area contributed by atoms with Gasteiger partial charge >= 0.3 is 0 Å². The molecule has 0 saturated carbocycles. The first-order chi connectivity index (χ1) is 15.0. The van der Waals surface area contributed by atoms with Gasteiger partial charge in [0.15, 0.2) is 5.75 Å². The number of hydrogen-bond acceptors (Lipinski definition) is 5. The van der Waals surface area contributed by atoms with Crippen LogP contribution in [0.15, 0.2) is 48.9 Å². The highest BCUT2D eigenvalue weighted by molar-refractivity contribution is 6.35. The summed E-state index contributed by atoms with van der Waals surface area (Å²) >= 11 is 6.22. The van der Waals surface area contributed by atoms with Gasteiger partial charge in [0.1, 0.15) is 11.3 Å². The highest BCUT2D eigenvalue weighted by atomic mass is 35.5. The van der Waals surface area contributed by atoms with Crippen LogP contribution >= 0.6 is 11.6 Å². The lowest BCUT2D eigenvalue weighted by molar-refractivity contribution is -0.122. The summed E-state index contributed by atoms with van der Waals surface area (Å²) in [5.74, 6) is 1.59. The molecular formula is C23H20ClN5O2. The zero-order valence-electron chi connectivity index (χ0n) is 17.1. The highest BCUT2D eigenvalue weighted by Crippen LogP contribution is 2.34. The summed E-state index contributed by atoms with van der Waals surface area (Å²) in [5.41, 5.74) is 4.04. The van der Waals surface area contributed by atoms with Gasteiger partial charge in [0.25, 0.3) is 0 Å². The number of benzene rings is 1. The van der Waals surface area contributed by atoms with Crippen LogP contribution in [0.1, 0.15) is 11.1 Å². The van der Waals surface area contributed by atoms with Crippen molar-refractivity contribution in [3.63, 3.8) is 0 Å². The average Bonchev–Trinajstić information content (AvgIpc) is 3.03. The van der Waals surface area contributed by atoms with Crippen LogP contribution in [0.25, 0.3) is 16.4 Å². The highest BCUT2D eigenvalue weighted by Gasteiger charge is 2.24. The van der Waals surface area contributed by atoms with E-state index in [1.54, 1.807) is 17.3 Å². The number of aryl methyl sites for hydroxylation is 2. The van der Waals surface area contributed by atoms with Gasteiger partial charge in [-0.1, -0.05) is 17.7 Å². The summed E-state index contributed by atoms with van der Waals surface area (Å²) in [6.07, 6.45) is 6.21. The molecule has 0 unspecified atom stereocenters. The topological polar surface area (TPSA) is 83.5 Å². The van der Waals surface area contributed by atoms with E-state index in [2.05, 4.69) is 30.0 Å². The van der Waals surface area contributed by atoms with Gasteiger partial charge in [-0.15, -0.1) is 0 Å². The van der Waals surface area contributed by atoms with Crippen molar-refractivity contribution in [1.29, 1.82) is 5.26 Å². The molecule has 1 amide bonds. The Bertz CT molecular complexity index is 1300. The molecule has 4 heterocycles. The van der Waals surface area contributed by atoms with E-state index in [-0.39, 0.29) is 5.92 Å². The van der Waals surface area contributed by atoms with Gasteiger partial charge in [0, 0.05) is 36.9 Å². The van der Waals surface area contributed by atoms with Crippen LogP contribution in [0.2, 0.25) is 5.02 Å². The number of aromatic nitrogens is 3. The molecule has 0 N–H and O–H groups in total. The summed E-state index contributed by atoms with van der Waals surface area (Å²) in [7, 11) is 0. The van der Waals surface area contributed by atoms with Gasteiger partial charge in [-0.3, -0.25) is 9.78 Å². The monoisotopic (exact) mass is 433 g/mol. The van der Waals surface area contributed by atoms with Gasteiger partial charge in [-0.2, -0.15) is 10.4 Å². The van der Waals surface area contributed by atoms with Gasteiger partial charge in [0.2, 0.25) is 6.41 Å². The molecule has 1 fully saturated rings. The Morgan fingerprint density at radius 3 is 2.71 bits per heavy atom. The third-order valence-electron chi connectivity index (χ3n) is 5.29. The van der Waals surface area contributed by atoms with Crippen molar-refractivity contribution in [2.75, 3.05) is 13.1 Å². The van der Waals surface area contributed by atoms with Crippen molar-refractivity contribution < 1.29 is 9.53 Å². The number of halogens is 1. The number of carbonyl (C=O) groups excluding carboxylic acids is 1. The molecule has 8 heteroatoms. The fourth-order valence-electron chi connectivity index (χ4n) is 3.43. The van der Waals surface area contributed by atoms with E-state index in [0.717, 1.165) is 39.9 Å². The molecule has 1 aromatic carbocycles. The van der Waals surface area contributed by atoms with Crippen molar-refractivity contribution >= 4 is 34.4 Å². The van der Waals surface area contributed by atoms with Crippen LogP contribution in [0.3, 0.4) is 0 Å². The Labute approximate surface area is 184 Å². The largest absolute Gasteiger partial charge is 0.454 e. The second kappa shape index (κ2) is 8.62. The number of fused-ring (bicyclic) bond motifs is 2. The van der Waals surface area contributed by atoms with Crippen LogP contribution in [0, 0.1) is 31.1 Å². The molecule has 1 saturated heterocycles. The minimum atomic E-state index is 0.0974. The first-order valence-corrected chi connectivity index (χ1v) is 10.1. The fraction of sp³-hybridized carbons (Fsp3) is 0.217. The fourth-order valence-corrected chi connectivity index (χ4v) is 3.65. The normalized spacial score (nSPS) is 13.3. The minimum absolute atomic E-state index is 0.0974. The molecule has 1 aliphatic rings. The van der Waals surface area contributed by atoms with E-state index < -0.39 is 0 Å². The molecule has 5 rings (SSSR count). The number of pyridine rings is 1. The third-order valence-corrected chi connectivity index (χ3v) is 5.59. The molecule has 0 aliphatic carbocycles. The van der Waals surface area contributed by atoms with Crippen LogP contribution in [0.4, 0.5) is 0 Å². The number of nitriles is 1. The molecule has 0 spiro atoms. The Morgan fingerprint density at radius 2 is 1.97 bits per heavy atom. The summed E-state index contributed by atoms with van der Waals surface area (Å²) in [5, 5.41) is 14.1. The smallest absolute Gasteiger partial charge is 0.209 e. The van der Waals surface area contributed by atoms with E-state index in [9.17, 15) is 4.79 Å². The number of nitrogens with zero attached hydrogens (tertiary/aromatic N) is 5. The van der Waals surface area contributed by atoms with Crippen molar-refractivity contribution in [1.82, 2.24) is 19.5 Å². The number of para-hydroxylation sites is 1. The lowest BCUT2D eigenvalue weighted by atomic mass is 10.0. The molecule has 156 valence electrons. The first-order valence-electron chi connectivity index (χ1n) is 9.75. The third kappa shape index (κ3) is 4.03. The lowest BCUT2D eigenvalue weighted by Gasteiger charge is -2.31. The molecule has 31 heavy (non-hydrogen) atoms. The summed E-state index contributed by atoms with van der Waals surface area (Å²) < 4.78 is 8.04. The maximum atomic E-state index is 9.87. The second-order valence-corrected chi connectivity index (χ2v) is 7.77. The van der Waals surface area contributed by atoms with E-state index in [0.29, 0.717) is 18.1 Å². The van der Waals surface area contributed by atoms with Crippen molar-refractivity contribution in [3.05, 3.63) is 65.1 Å². The van der Waals surface area contributed by atoms with E-state index in [1.165, 1.54) is 5.56 Å². The Morgan fingerprint density at radius 1 is 1.19 bits per heavy atom. The second-order valence-electron chi connectivity index (χ2n) is 7.36. The number of rotatable bonds is 3. The van der Waals surface area contributed by atoms with Crippen molar-refractivity contribution in [2.24, 2.45) is 5.92 Å². The maximum absolute atomic E-state index is 9.87. The maximum Gasteiger partial charge on any atom is 0.209 e. The first kappa shape index (κ1) is 20.6. The van der Waals surface area contributed by atoms with Gasteiger partial charge in [-0.25, -0.2) is 4.52 Å². The molecule has 7 nitrogen and oxygen atoms in total. The van der Waals surface area contributed by atoms with E-state index in [4.69, 9.17) is 21.6 Å². The molecule has 0 bridgehead atoms. The quantitative estimate of drug-likeness (QED) is 0.443. The van der Waals surface area contributed by atoms with Gasteiger partial charge < -0.3 is 9.64 Å². The Kier molecular flexibility index (Phi) is 5.74. The van der Waals surface area contributed by atoms with Crippen LogP contribution in [-0.4, -0.2) is 39.0 Å². The summed E-state index contributed by atoms with van der Waals surface area (Å²) in [6, 6.07) is 11.5. The van der Waals surface area contributed by atoms with Gasteiger partial charge in [-0.05, 0) is 43.2 Å². The Hall–Kier alpha value is -3.63. The van der Waals surface area contributed by atoms with Crippen LogP contribution in [-0.2, 0) is 4.79 Å². The summed E-state index contributed by atoms with van der Waals surface area (Å²) in [6.45, 7) is 5.39. The van der Waals surface area contributed by atoms with Gasteiger partial charge in [0.05, 0.1) is 28.7 Å². The van der Waals surface area contributed by atoms with Crippen LogP contribution in [0.5, 0.6) is 11.5 Å². The Balaban J connectivity index is 0.000000245. The number of likely N-dealkylation sites (tertiary alicyclic amines) is 1. The standard InChI is InChI=1S/C18H14ClN3O.C5H6N2O/c1-11-10-22-18(12(11)2)16(7-9-21-22)23-15-6-8-20-17-13(15)4-3-5-14(17)19;6-1-5-2-7(3-5)4-8/h3-10H,1-2H3;4-5H,2-3H2. The molecule has 3 aromatic heterocycles. The number of ether oxygens (including phenoxy) is 1. The number of hydrogen-bond donors (Lipinski definition) is 0. The zero-order valence-corrected chi connectivity index (χ0v) is 17.9.